The van der Waals surface area contributed by atoms with Crippen molar-refractivity contribution in [2.75, 3.05) is 7.04 Å². The molecule has 1 aromatic heterocycles. The second-order valence-electron chi connectivity index (χ2n) is 1.72. The van der Waals surface area contributed by atoms with Gasteiger partial charge in [0.15, 0.2) is 0 Å². The number of ether oxygens (including phenoxy) is 1. The van der Waals surface area contributed by atoms with Gasteiger partial charge in [-0.3, -0.25) is 4.79 Å². The molecule has 0 amide bonds. The van der Waals surface area contributed by atoms with Gasteiger partial charge in [-0.1, -0.05) is 0 Å². The summed E-state index contributed by atoms with van der Waals surface area (Å²) in [4.78, 5) is 10.7. The average Bonchev–Trinajstić information content (AvgIpc) is 2.31. The van der Waals surface area contributed by atoms with Crippen molar-refractivity contribution in [2.45, 2.75) is 6.92 Å². The minimum absolute atomic E-state index is 0.0878. The van der Waals surface area contributed by atoms with E-state index in [0.29, 0.717) is 0 Å². The predicted octanol–water partition coefficient (Wildman–Crippen LogP) is 0.552. The van der Waals surface area contributed by atoms with Gasteiger partial charge < -0.3 is 4.74 Å². The smallest absolute Gasteiger partial charge is 0.243 e. The van der Waals surface area contributed by atoms with Gasteiger partial charge in [0.2, 0.25) is 11.8 Å². The molecule has 0 aliphatic heterocycles. The van der Waals surface area contributed by atoms with Gasteiger partial charge >= 0.3 is 0 Å². The third kappa shape index (κ3) is 1.15. The number of methoxy groups -OCH3 is 1. The minimum Gasteiger partial charge on any atom is -0.480 e. The van der Waals surface area contributed by atoms with Crippen LogP contribution in [0.4, 0.5) is 0 Å². The summed E-state index contributed by atoms with van der Waals surface area (Å²) in [7, 11) is -2.53. The average molecular weight is 143 g/mol. The molecule has 1 aromatic rings. The molecular formula is C6H8N2O2. The maximum Gasteiger partial charge on any atom is 0.243 e. The van der Waals surface area contributed by atoms with Gasteiger partial charge in [0.25, 0.3) is 0 Å². The van der Waals surface area contributed by atoms with Crippen LogP contribution in [0.2, 0.25) is 0 Å². The molecule has 4 nitrogen and oxygen atoms in total. The number of aromatic nitrogens is 2. The lowest BCUT2D eigenvalue weighted by Crippen LogP contribution is -2.05. The highest BCUT2D eigenvalue weighted by atomic mass is 16.5. The van der Waals surface area contributed by atoms with E-state index in [0.717, 1.165) is 4.68 Å². The molecule has 1 rings (SSSR count). The minimum atomic E-state index is -2.53. The lowest BCUT2D eigenvalue weighted by Gasteiger charge is -1.90. The van der Waals surface area contributed by atoms with Gasteiger partial charge in [0.05, 0.1) is 11.2 Å². The third-order valence-corrected chi connectivity index (χ3v) is 0.992. The van der Waals surface area contributed by atoms with Crippen molar-refractivity contribution in [3.63, 3.8) is 0 Å². The Kier molecular flexibility index (Phi) is 0.943. The zero-order valence-electron chi connectivity index (χ0n) is 8.37. The first-order chi connectivity index (χ1) is 5.88. The van der Waals surface area contributed by atoms with Crippen LogP contribution in [0.3, 0.4) is 0 Å². The molecule has 0 spiro atoms. The van der Waals surface area contributed by atoms with E-state index in [1.54, 1.807) is 0 Å². The van der Waals surface area contributed by atoms with E-state index >= 15 is 0 Å². The summed E-state index contributed by atoms with van der Waals surface area (Å²) in [6.07, 6.45) is 1.34. The Labute approximate surface area is 62.6 Å². The van der Waals surface area contributed by atoms with Gasteiger partial charge in [-0.15, -0.1) is 5.10 Å². The second-order valence-corrected chi connectivity index (χ2v) is 1.72. The Morgan fingerprint density at radius 2 is 2.80 bits per heavy atom. The maximum absolute atomic E-state index is 10.7. The summed E-state index contributed by atoms with van der Waals surface area (Å²) in [5.74, 6) is -0.393. The van der Waals surface area contributed by atoms with E-state index < -0.39 is 7.04 Å². The van der Waals surface area contributed by atoms with Gasteiger partial charge in [0, 0.05) is 19.2 Å². The number of carbonyl (C=O) groups excluding carboxylic acids is 1. The van der Waals surface area contributed by atoms with Gasteiger partial charge in [-0.05, 0) is 0 Å². The Bertz CT molecular complexity index is 318. The molecule has 0 fully saturated rings. The van der Waals surface area contributed by atoms with E-state index in [2.05, 4.69) is 9.84 Å². The molecule has 0 aliphatic rings. The van der Waals surface area contributed by atoms with Crippen LogP contribution in [0, 0.1) is 0 Å². The van der Waals surface area contributed by atoms with Crippen molar-refractivity contribution >= 4 is 5.91 Å². The fourth-order valence-electron chi connectivity index (χ4n) is 0.537. The molecule has 0 aromatic carbocycles. The van der Waals surface area contributed by atoms with Crippen LogP contribution in [0.5, 0.6) is 5.88 Å². The summed E-state index contributed by atoms with van der Waals surface area (Å²) < 4.78 is 25.7. The Balaban J connectivity index is 2.75. The summed E-state index contributed by atoms with van der Waals surface area (Å²) >= 11 is 0. The quantitative estimate of drug-likeness (QED) is 0.576. The molecule has 0 saturated carbocycles. The van der Waals surface area contributed by atoms with Crippen LogP contribution in [0.25, 0.3) is 0 Å². The molecule has 0 radical (unpaired) electrons. The Morgan fingerprint density at radius 1 is 2.00 bits per heavy atom. The van der Waals surface area contributed by atoms with Crippen molar-refractivity contribution < 1.29 is 13.6 Å². The standard InChI is InChI=1S/C6H8N2O2/c1-5(9)8-4-3-6(7-8)10-2/h3-4H,1-2H3/i2D3. The molecule has 1 heterocycles. The van der Waals surface area contributed by atoms with Crippen molar-refractivity contribution in [2.24, 2.45) is 0 Å². The number of hydrogen-bond acceptors (Lipinski definition) is 3. The Morgan fingerprint density at radius 3 is 3.30 bits per heavy atom. The predicted molar refractivity (Wildman–Crippen MR) is 35.1 cm³/mol. The molecule has 0 unspecified atom stereocenters. The molecule has 0 N–H and O–H groups in total. The molecule has 0 bridgehead atoms. The van der Waals surface area contributed by atoms with Crippen molar-refractivity contribution in [1.82, 2.24) is 9.78 Å². The molecule has 0 atom stereocenters. The molecule has 54 valence electrons. The maximum atomic E-state index is 10.7. The highest BCUT2D eigenvalue weighted by Crippen LogP contribution is 2.02. The normalized spacial score (nSPS) is 15.1. The molecule has 10 heavy (non-hydrogen) atoms. The van der Waals surface area contributed by atoms with Crippen LogP contribution in [0.15, 0.2) is 12.3 Å². The van der Waals surface area contributed by atoms with Crippen LogP contribution in [-0.2, 0) is 0 Å². The second kappa shape index (κ2) is 2.51. The molecular weight excluding hydrogens is 132 g/mol. The van der Waals surface area contributed by atoms with Crippen LogP contribution in [0.1, 0.15) is 15.8 Å². The summed E-state index contributed by atoms with van der Waals surface area (Å²) in [5.41, 5.74) is 0. The van der Waals surface area contributed by atoms with E-state index in [-0.39, 0.29) is 11.8 Å². The summed E-state index contributed by atoms with van der Waals surface area (Å²) in [5, 5.41) is 3.58. The largest absolute Gasteiger partial charge is 0.480 e. The molecule has 0 aliphatic carbocycles. The fraction of sp³-hybridized carbons (Fsp3) is 0.333. The van der Waals surface area contributed by atoms with Crippen molar-refractivity contribution in [1.29, 1.82) is 0 Å². The van der Waals surface area contributed by atoms with Crippen molar-refractivity contribution in [3.05, 3.63) is 12.3 Å². The lowest BCUT2D eigenvalue weighted by molar-refractivity contribution is 0.0919. The number of carbonyl (C=O) groups is 1. The van der Waals surface area contributed by atoms with E-state index in [4.69, 9.17) is 4.11 Å². The van der Waals surface area contributed by atoms with E-state index in [1.165, 1.54) is 19.2 Å². The first kappa shape index (κ1) is 3.75. The van der Waals surface area contributed by atoms with Crippen LogP contribution >= 0.6 is 0 Å². The van der Waals surface area contributed by atoms with E-state index in [1.807, 2.05) is 0 Å². The SMILES string of the molecule is [2H]C([2H])([2H])Oc1ccn(C(C)=O)n1. The number of nitrogens with zero attached hydrogens (tertiary/aromatic N) is 2. The highest BCUT2D eigenvalue weighted by molar-refractivity contribution is 5.75. The van der Waals surface area contributed by atoms with E-state index in [9.17, 15) is 4.79 Å². The first-order valence-electron chi connectivity index (χ1n) is 4.14. The van der Waals surface area contributed by atoms with Gasteiger partial charge in [-0.2, -0.15) is 0 Å². The Hall–Kier alpha value is -1.32. The van der Waals surface area contributed by atoms with Crippen LogP contribution < -0.4 is 4.74 Å². The first-order valence-corrected chi connectivity index (χ1v) is 2.64. The highest BCUT2D eigenvalue weighted by Gasteiger charge is 1.99. The van der Waals surface area contributed by atoms with Gasteiger partial charge in [-0.25, -0.2) is 4.68 Å². The fourth-order valence-corrected chi connectivity index (χ4v) is 0.537. The zero-order chi connectivity index (χ0) is 10.1. The lowest BCUT2D eigenvalue weighted by atomic mass is 10.7. The third-order valence-electron chi connectivity index (χ3n) is 0.992. The summed E-state index contributed by atoms with van der Waals surface area (Å²) in [6, 6.07) is 1.31. The topological polar surface area (TPSA) is 44.1 Å². The zero-order valence-corrected chi connectivity index (χ0v) is 5.37. The summed E-state index contributed by atoms with van der Waals surface area (Å²) in [6.45, 7) is 1.31. The van der Waals surface area contributed by atoms with Crippen LogP contribution in [-0.4, -0.2) is 22.7 Å². The molecule has 0 saturated heterocycles. The number of hydrogen-bond donors (Lipinski definition) is 0. The monoisotopic (exact) mass is 143 g/mol. The molecule has 4 heteroatoms. The van der Waals surface area contributed by atoms with Gasteiger partial charge in [0.1, 0.15) is 0 Å². The van der Waals surface area contributed by atoms with Crippen molar-refractivity contribution in [3.8, 4) is 5.88 Å². The number of rotatable bonds is 1.